The molecular formula is C17H26IN3. The summed E-state index contributed by atoms with van der Waals surface area (Å²) >= 11 is 0. The van der Waals surface area contributed by atoms with Gasteiger partial charge in [0.25, 0.3) is 0 Å². The summed E-state index contributed by atoms with van der Waals surface area (Å²) in [5, 5.41) is 6.92. The Hall–Kier alpha value is -0.780. The van der Waals surface area contributed by atoms with Crippen molar-refractivity contribution in [2.45, 2.75) is 32.2 Å². The largest absolute Gasteiger partial charge is 0.356 e. The first-order valence-corrected chi connectivity index (χ1v) is 7.85. The molecule has 2 N–H and O–H groups in total. The van der Waals surface area contributed by atoms with Crippen LogP contribution in [0.4, 0.5) is 0 Å². The number of benzene rings is 1. The second-order valence-electron chi connectivity index (χ2n) is 6.13. The summed E-state index contributed by atoms with van der Waals surface area (Å²) in [6, 6.07) is 10.5. The summed E-state index contributed by atoms with van der Waals surface area (Å²) in [6.07, 6.45) is 5.77. The molecule has 3 rings (SSSR count). The fraction of sp³-hybridized carbons (Fsp3) is 0.588. The van der Waals surface area contributed by atoms with Crippen molar-refractivity contribution in [3.63, 3.8) is 0 Å². The molecule has 0 amide bonds. The van der Waals surface area contributed by atoms with Crippen LogP contribution in [0.5, 0.6) is 0 Å². The van der Waals surface area contributed by atoms with Crippen LogP contribution in [-0.4, -0.2) is 19.6 Å². The standard InChI is InChI=1S/C17H25N3.HI/c1-18-17(19-11-13-5-3-2-4-6-13)20-12-16(14-7-8-14)15-9-10-15;/h2-6,14-16H,7-12H2,1H3,(H2,18,19,20);1H. The smallest absolute Gasteiger partial charge is 0.191 e. The van der Waals surface area contributed by atoms with Crippen LogP contribution in [-0.2, 0) is 6.54 Å². The second kappa shape index (κ2) is 8.01. The zero-order valence-corrected chi connectivity index (χ0v) is 15.0. The molecular weight excluding hydrogens is 373 g/mol. The lowest BCUT2D eigenvalue weighted by molar-refractivity contribution is 0.400. The maximum absolute atomic E-state index is 4.33. The van der Waals surface area contributed by atoms with Gasteiger partial charge in [0, 0.05) is 20.1 Å². The monoisotopic (exact) mass is 399 g/mol. The number of aliphatic imine (C=N–C) groups is 1. The minimum atomic E-state index is 0. The maximum atomic E-state index is 4.33. The molecule has 0 spiro atoms. The van der Waals surface area contributed by atoms with Crippen LogP contribution in [0.1, 0.15) is 31.2 Å². The number of nitrogens with one attached hydrogen (secondary N) is 2. The van der Waals surface area contributed by atoms with Crippen LogP contribution in [0.2, 0.25) is 0 Å². The van der Waals surface area contributed by atoms with Crippen LogP contribution >= 0.6 is 24.0 Å². The number of nitrogens with zero attached hydrogens (tertiary/aromatic N) is 1. The van der Waals surface area contributed by atoms with Crippen LogP contribution in [0, 0.1) is 17.8 Å². The number of halogens is 1. The highest BCUT2D eigenvalue weighted by Crippen LogP contribution is 2.48. The number of hydrogen-bond donors (Lipinski definition) is 2. The zero-order chi connectivity index (χ0) is 13.8. The third-order valence-electron chi connectivity index (χ3n) is 4.49. The van der Waals surface area contributed by atoms with Crippen molar-refractivity contribution >= 4 is 29.9 Å². The lowest BCUT2D eigenvalue weighted by Crippen LogP contribution is -2.40. The van der Waals surface area contributed by atoms with Gasteiger partial charge in [-0.2, -0.15) is 0 Å². The lowest BCUT2D eigenvalue weighted by Gasteiger charge is -2.18. The topological polar surface area (TPSA) is 36.4 Å². The molecule has 0 aliphatic heterocycles. The van der Waals surface area contributed by atoms with E-state index in [1.54, 1.807) is 0 Å². The van der Waals surface area contributed by atoms with Crippen LogP contribution in [0.3, 0.4) is 0 Å². The zero-order valence-electron chi connectivity index (χ0n) is 12.7. The van der Waals surface area contributed by atoms with E-state index in [4.69, 9.17) is 0 Å². The van der Waals surface area contributed by atoms with E-state index in [1.807, 2.05) is 13.1 Å². The van der Waals surface area contributed by atoms with Crippen molar-refractivity contribution in [1.29, 1.82) is 0 Å². The molecule has 0 unspecified atom stereocenters. The summed E-state index contributed by atoms with van der Waals surface area (Å²) in [5.74, 6) is 3.79. The quantitative estimate of drug-likeness (QED) is 0.437. The third kappa shape index (κ3) is 5.16. The SMILES string of the molecule is CN=C(NCc1ccccc1)NCC(C1CC1)C1CC1.I. The number of hydrogen-bond acceptors (Lipinski definition) is 1. The number of guanidine groups is 1. The Morgan fingerprint density at radius 2 is 1.71 bits per heavy atom. The normalized spacial score (nSPS) is 18.3. The maximum Gasteiger partial charge on any atom is 0.191 e. The van der Waals surface area contributed by atoms with E-state index in [2.05, 4.69) is 39.9 Å². The lowest BCUT2D eigenvalue weighted by atomic mass is 9.98. The Kier molecular flexibility index (Phi) is 6.33. The highest BCUT2D eigenvalue weighted by molar-refractivity contribution is 14.0. The molecule has 0 radical (unpaired) electrons. The molecule has 0 atom stereocenters. The van der Waals surface area contributed by atoms with Crippen molar-refractivity contribution in [3.05, 3.63) is 35.9 Å². The second-order valence-corrected chi connectivity index (χ2v) is 6.13. The first-order valence-electron chi connectivity index (χ1n) is 7.85. The molecule has 2 fully saturated rings. The fourth-order valence-electron chi connectivity index (χ4n) is 2.98. The molecule has 0 aromatic heterocycles. The molecule has 2 aliphatic carbocycles. The van der Waals surface area contributed by atoms with Gasteiger partial charge in [0.15, 0.2) is 5.96 Å². The Morgan fingerprint density at radius 3 is 2.24 bits per heavy atom. The molecule has 4 heteroatoms. The summed E-state index contributed by atoms with van der Waals surface area (Å²) in [4.78, 5) is 4.33. The highest BCUT2D eigenvalue weighted by atomic mass is 127. The fourth-order valence-corrected chi connectivity index (χ4v) is 2.98. The van der Waals surface area contributed by atoms with Gasteiger partial charge in [-0.1, -0.05) is 30.3 Å². The van der Waals surface area contributed by atoms with Gasteiger partial charge in [0.05, 0.1) is 0 Å². The van der Waals surface area contributed by atoms with E-state index < -0.39 is 0 Å². The summed E-state index contributed by atoms with van der Waals surface area (Å²) in [5.41, 5.74) is 1.29. The van der Waals surface area contributed by atoms with Gasteiger partial charge in [-0.3, -0.25) is 4.99 Å². The summed E-state index contributed by atoms with van der Waals surface area (Å²) in [7, 11) is 1.85. The third-order valence-corrected chi connectivity index (χ3v) is 4.49. The molecule has 3 nitrogen and oxygen atoms in total. The first-order chi connectivity index (χ1) is 9.86. The molecule has 0 heterocycles. The van der Waals surface area contributed by atoms with E-state index in [0.717, 1.165) is 36.8 Å². The molecule has 1 aromatic carbocycles. The predicted molar refractivity (Wildman–Crippen MR) is 99.0 cm³/mol. The van der Waals surface area contributed by atoms with Gasteiger partial charge < -0.3 is 10.6 Å². The van der Waals surface area contributed by atoms with E-state index in [9.17, 15) is 0 Å². The molecule has 21 heavy (non-hydrogen) atoms. The molecule has 0 saturated heterocycles. The Bertz CT molecular complexity index is 440. The van der Waals surface area contributed by atoms with Gasteiger partial charge in [0.1, 0.15) is 0 Å². The van der Waals surface area contributed by atoms with E-state index in [0.29, 0.717) is 0 Å². The van der Waals surface area contributed by atoms with Crippen molar-refractivity contribution in [2.24, 2.45) is 22.7 Å². The average molecular weight is 399 g/mol. The minimum Gasteiger partial charge on any atom is -0.356 e. The molecule has 116 valence electrons. The molecule has 0 bridgehead atoms. The van der Waals surface area contributed by atoms with Crippen LogP contribution in [0.15, 0.2) is 35.3 Å². The van der Waals surface area contributed by atoms with Crippen molar-refractivity contribution in [1.82, 2.24) is 10.6 Å². The van der Waals surface area contributed by atoms with E-state index in [1.165, 1.54) is 31.2 Å². The predicted octanol–water partition coefficient (Wildman–Crippen LogP) is 3.41. The van der Waals surface area contributed by atoms with Crippen molar-refractivity contribution in [3.8, 4) is 0 Å². The molecule has 2 aliphatic rings. The Balaban J connectivity index is 0.00000161. The summed E-state index contributed by atoms with van der Waals surface area (Å²) in [6.45, 7) is 1.92. The van der Waals surface area contributed by atoms with Gasteiger partial charge >= 0.3 is 0 Å². The Morgan fingerprint density at radius 1 is 1.10 bits per heavy atom. The summed E-state index contributed by atoms with van der Waals surface area (Å²) < 4.78 is 0. The first kappa shape index (κ1) is 16.6. The van der Waals surface area contributed by atoms with Crippen LogP contribution < -0.4 is 10.6 Å². The highest BCUT2D eigenvalue weighted by Gasteiger charge is 2.41. The van der Waals surface area contributed by atoms with Gasteiger partial charge in [-0.15, -0.1) is 24.0 Å². The molecule has 1 aromatic rings. The van der Waals surface area contributed by atoms with Gasteiger partial charge in [-0.25, -0.2) is 0 Å². The number of rotatable bonds is 6. The van der Waals surface area contributed by atoms with Crippen molar-refractivity contribution in [2.75, 3.05) is 13.6 Å². The Labute approximate surface area is 145 Å². The van der Waals surface area contributed by atoms with E-state index in [-0.39, 0.29) is 24.0 Å². The minimum absolute atomic E-state index is 0. The van der Waals surface area contributed by atoms with E-state index >= 15 is 0 Å². The van der Waals surface area contributed by atoms with Crippen molar-refractivity contribution < 1.29 is 0 Å². The van der Waals surface area contributed by atoms with Crippen LogP contribution in [0.25, 0.3) is 0 Å². The average Bonchev–Trinajstić information content (AvgIpc) is 3.37. The molecule has 2 saturated carbocycles. The van der Waals surface area contributed by atoms with Gasteiger partial charge in [0.2, 0.25) is 0 Å². The van der Waals surface area contributed by atoms with Gasteiger partial charge in [-0.05, 0) is 49.0 Å².